The summed E-state index contributed by atoms with van der Waals surface area (Å²) >= 11 is 0. The normalized spacial score (nSPS) is 23.4. The largest absolute Gasteiger partial charge is 0.380 e. The van der Waals surface area contributed by atoms with E-state index in [2.05, 4.69) is 22.5 Å². The van der Waals surface area contributed by atoms with Crippen LogP contribution in [-0.4, -0.2) is 62.3 Å². The molecule has 1 aliphatic rings. The van der Waals surface area contributed by atoms with Gasteiger partial charge in [0.25, 0.3) is 0 Å². The first kappa shape index (κ1) is 14.4. The van der Waals surface area contributed by atoms with E-state index in [9.17, 15) is 4.79 Å². The summed E-state index contributed by atoms with van der Waals surface area (Å²) in [5.41, 5.74) is 0. The molecule has 1 fully saturated rings. The number of carbonyl (C=O) groups excluding carboxylic acids is 1. The molecule has 2 N–H and O–H groups in total. The first-order valence-electron chi connectivity index (χ1n) is 6.52. The maximum Gasteiger partial charge on any atom is 0.238 e. The molecule has 0 bridgehead atoms. The summed E-state index contributed by atoms with van der Waals surface area (Å²) in [5.74, 6) is 0.114. The van der Waals surface area contributed by atoms with Crippen LogP contribution in [0.15, 0.2) is 0 Å². The van der Waals surface area contributed by atoms with E-state index in [-0.39, 0.29) is 18.0 Å². The number of hydrogen-bond donors (Lipinski definition) is 2. The van der Waals surface area contributed by atoms with Gasteiger partial charge in [-0.15, -0.1) is 0 Å². The zero-order valence-corrected chi connectivity index (χ0v) is 11.2. The predicted molar refractivity (Wildman–Crippen MR) is 68.0 cm³/mol. The van der Waals surface area contributed by atoms with Gasteiger partial charge in [-0.2, -0.15) is 0 Å². The van der Waals surface area contributed by atoms with Gasteiger partial charge in [0, 0.05) is 38.8 Å². The Morgan fingerprint density at radius 1 is 1.59 bits per heavy atom. The molecule has 2 atom stereocenters. The molecule has 1 saturated heterocycles. The molecule has 1 aliphatic heterocycles. The fourth-order valence-electron chi connectivity index (χ4n) is 2.17. The summed E-state index contributed by atoms with van der Waals surface area (Å²) < 4.78 is 5.44. The van der Waals surface area contributed by atoms with Gasteiger partial charge in [0.15, 0.2) is 0 Å². The average Bonchev–Trinajstić information content (AvgIpc) is 2.36. The summed E-state index contributed by atoms with van der Waals surface area (Å²) in [4.78, 5) is 14.2. The number of carbonyl (C=O) groups is 1. The Balaban J connectivity index is 2.55. The van der Waals surface area contributed by atoms with E-state index in [0.717, 1.165) is 26.2 Å². The fourth-order valence-corrected chi connectivity index (χ4v) is 2.17. The number of nitrogens with one attached hydrogen (secondary N) is 2. The Hall–Kier alpha value is -0.650. The minimum atomic E-state index is -0.0702. The monoisotopic (exact) mass is 243 g/mol. The fraction of sp³-hybridized carbons (Fsp3) is 0.917. The Morgan fingerprint density at radius 2 is 2.35 bits per heavy atom. The molecule has 0 spiro atoms. The molecule has 0 saturated carbocycles. The topological polar surface area (TPSA) is 53.6 Å². The van der Waals surface area contributed by atoms with Gasteiger partial charge in [0.2, 0.25) is 5.91 Å². The highest BCUT2D eigenvalue weighted by atomic mass is 16.5. The lowest BCUT2D eigenvalue weighted by atomic mass is 10.1. The first-order chi connectivity index (χ1) is 8.20. The molecule has 1 rings (SSSR count). The summed E-state index contributed by atoms with van der Waals surface area (Å²) in [6.45, 7) is 10.7. The van der Waals surface area contributed by atoms with Crippen molar-refractivity contribution in [2.75, 3.05) is 39.4 Å². The molecule has 17 heavy (non-hydrogen) atoms. The third-order valence-electron chi connectivity index (χ3n) is 3.07. The van der Waals surface area contributed by atoms with Crippen molar-refractivity contribution in [3.8, 4) is 0 Å². The third kappa shape index (κ3) is 4.26. The van der Waals surface area contributed by atoms with Gasteiger partial charge in [-0.25, -0.2) is 0 Å². The van der Waals surface area contributed by atoms with Crippen molar-refractivity contribution < 1.29 is 9.53 Å². The number of ether oxygens (including phenoxy) is 1. The predicted octanol–water partition coefficient (Wildman–Crippen LogP) is -0.179. The zero-order chi connectivity index (χ0) is 12.7. The molecular formula is C12H25N3O2. The molecule has 2 unspecified atom stereocenters. The van der Waals surface area contributed by atoms with Gasteiger partial charge in [0.1, 0.15) is 6.04 Å². The molecule has 0 radical (unpaired) electrons. The van der Waals surface area contributed by atoms with Crippen LogP contribution in [0.2, 0.25) is 0 Å². The standard InChI is InChI=1S/C12H25N3O2/c1-4-14-12(16)11-8-13-6-7-15(11)10(3)9-17-5-2/h10-11,13H,4-9H2,1-3H3,(H,14,16). The highest BCUT2D eigenvalue weighted by Gasteiger charge is 2.31. The van der Waals surface area contributed by atoms with Crippen LogP contribution in [0.1, 0.15) is 20.8 Å². The number of piperazine rings is 1. The molecule has 0 aromatic heterocycles. The second kappa shape index (κ2) is 7.63. The van der Waals surface area contributed by atoms with Gasteiger partial charge in [-0.1, -0.05) is 0 Å². The van der Waals surface area contributed by atoms with Crippen molar-refractivity contribution in [1.82, 2.24) is 15.5 Å². The Kier molecular flexibility index (Phi) is 6.47. The Bertz CT molecular complexity index is 236. The van der Waals surface area contributed by atoms with E-state index >= 15 is 0 Å². The summed E-state index contributed by atoms with van der Waals surface area (Å²) in [6, 6.07) is 0.212. The lowest BCUT2D eigenvalue weighted by Gasteiger charge is -2.39. The summed E-state index contributed by atoms with van der Waals surface area (Å²) in [7, 11) is 0. The van der Waals surface area contributed by atoms with Crippen molar-refractivity contribution in [3.05, 3.63) is 0 Å². The van der Waals surface area contributed by atoms with Gasteiger partial charge >= 0.3 is 0 Å². The lowest BCUT2D eigenvalue weighted by Crippen LogP contribution is -2.60. The minimum absolute atomic E-state index is 0.0702. The molecule has 1 amide bonds. The van der Waals surface area contributed by atoms with Crippen molar-refractivity contribution >= 4 is 5.91 Å². The summed E-state index contributed by atoms with van der Waals surface area (Å²) in [5, 5.41) is 6.17. The van der Waals surface area contributed by atoms with Gasteiger partial charge < -0.3 is 15.4 Å². The van der Waals surface area contributed by atoms with E-state index in [1.54, 1.807) is 0 Å². The molecule has 100 valence electrons. The highest BCUT2D eigenvalue weighted by Crippen LogP contribution is 2.09. The van der Waals surface area contributed by atoms with Crippen LogP contribution in [0.25, 0.3) is 0 Å². The molecule has 5 nitrogen and oxygen atoms in total. The number of nitrogens with zero attached hydrogens (tertiary/aromatic N) is 1. The van der Waals surface area contributed by atoms with Crippen molar-refractivity contribution in [2.45, 2.75) is 32.9 Å². The number of likely N-dealkylation sites (N-methyl/N-ethyl adjacent to an activating group) is 1. The van der Waals surface area contributed by atoms with E-state index in [0.29, 0.717) is 13.2 Å². The second-order valence-electron chi connectivity index (χ2n) is 4.36. The van der Waals surface area contributed by atoms with Crippen LogP contribution in [0.4, 0.5) is 0 Å². The van der Waals surface area contributed by atoms with Gasteiger partial charge in [0.05, 0.1) is 6.61 Å². The average molecular weight is 243 g/mol. The van der Waals surface area contributed by atoms with Crippen molar-refractivity contribution in [2.24, 2.45) is 0 Å². The SMILES string of the molecule is CCNC(=O)C1CNCCN1C(C)COCC. The number of hydrogen-bond acceptors (Lipinski definition) is 4. The molecular weight excluding hydrogens is 218 g/mol. The van der Waals surface area contributed by atoms with Crippen molar-refractivity contribution in [1.29, 1.82) is 0 Å². The molecule has 0 aliphatic carbocycles. The quantitative estimate of drug-likeness (QED) is 0.679. The molecule has 1 heterocycles. The smallest absolute Gasteiger partial charge is 0.238 e. The maximum atomic E-state index is 12.0. The Labute approximate surface area is 104 Å². The first-order valence-corrected chi connectivity index (χ1v) is 6.52. The van der Waals surface area contributed by atoms with E-state index < -0.39 is 0 Å². The van der Waals surface area contributed by atoms with Crippen LogP contribution >= 0.6 is 0 Å². The van der Waals surface area contributed by atoms with Crippen molar-refractivity contribution in [3.63, 3.8) is 0 Å². The van der Waals surface area contributed by atoms with Crippen LogP contribution in [0, 0.1) is 0 Å². The molecule has 0 aromatic rings. The van der Waals surface area contributed by atoms with Gasteiger partial charge in [-0.05, 0) is 20.8 Å². The van der Waals surface area contributed by atoms with Crippen LogP contribution < -0.4 is 10.6 Å². The van der Waals surface area contributed by atoms with E-state index in [1.165, 1.54) is 0 Å². The van der Waals surface area contributed by atoms with E-state index in [1.807, 2.05) is 13.8 Å². The van der Waals surface area contributed by atoms with E-state index in [4.69, 9.17) is 4.74 Å². The maximum absolute atomic E-state index is 12.0. The lowest BCUT2D eigenvalue weighted by molar-refractivity contribution is -0.128. The van der Waals surface area contributed by atoms with Crippen LogP contribution in [0.3, 0.4) is 0 Å². The minimum Gasteiger partial charge on any atom is -0.380 e. The zero-order valence-electron chi connectivity index (χ0n) is 11.2. The number of amides is 1. The Morgan fingerprint density at radius 3 is 3.00 bits per heavy atom. The third-order valence-corrected chi connectivity index (χ3v) is 3.07. The summed E-state index contributed by atoms with van der Waals surface area (Å²) in [6.07, 6.45) is 0. The molecule has 5 heteroatoms. The molecule has 0 aromatic carbocycles. The number of rotatable bonds is 6. The second-order valence-corrected chi connectivity index (χ2v) is 4.36. The highest BCUT2D eigenvalue weighted by molar-refractivity contribution is 5.82. The van der Waals surface area contributed by atoms with Gasteiger partial charge in [-0.3, -0.25) is 9.69 Å². The van der Waals surface area contributed by atoms with Crippen LogP contribution in [-0.2, 0) is 9.53 Å². The van der Waals surface area contributed by atoms with Crippen LogP contribution in [0.5, 0.6) is 0 Å².